The number of aryl methyl sites for hydroxylation is 1. The molecule has 0 radical (unpaired) electrons. The van der Waals surface area contributed by atoms with Crippen molar-refractivity contribution < 1.29 is 4.42 Å². The summed E-state index contributed by atoms with van der Waals surface area (Å²) in [5.41, 5.74) is 3.81. The Balaban J connectivity index is 2.02. The van der Waals surface area contributed by atoms with Crippen molar-refractivity contribution in [3.05, 3.63) is 65.2 Å². The monoisotopic (exact) mass is 293 g/mol. The fourth-order valence-electron chi connectivity index (χ4n) is 2.61. The summed E-state index contributed by atoms with van der Waals surface area (Å²) >= 11 is 6.26. The second kappa shape index (κ2) is 4.61. The fraction of sp³-hybridized carbons (Fsp3) is 0.0556. The number of halogens is 1. The summed E-state index contributed by atoms with van der Waals surface area (Å²) in [7, 11) is 0. The second-order valence-electron chi connectivity index (χ2n) is 5.13. The van der Waals surface area contributed by atoms with Gasteiger partial charge in [-0.15, -0.1) is 0 Å². The average Bonchev–Trinajstić information content (AvgIpc) is 2.90. The molecule has 1 aromatic heterocycles. The Morgan fingerprint density at radius 2 is 1.76 bits per heavy atom. The van der Waals surface area contributed by atoms with Gasteiger partial charge >= 0.3 is 0 Å². The van der Waals surface area contributed by atoms with Gasteiger partial charge in [-0.05, 0) is 42.1 Å². The van der Waals surface area contributed by atoms with Gasteiger partial charge < -0.3 is 4.42 Å². The summed E-state index contributed by atoms with van der Waals surface area (Å²) in [6.45, 7) is 2.05. The minimum absolute atomic E-state index is 0.628. The van der Waals surface area contributed by atoms with Gasteiger partial charge in [-0.1, -0.05) is 41.9 Å². The zero-order valence-electron chi connectivity index (χ0n) is 11.4. The zero-order valence-corrected chi connectivity index (χ0v) is 12.2. The van der Waals surface area contributed by atoms with Crippen LogP contribution in [0, 0.1) is 6.92 Å². The summed E-state index contributed by atoms with van der Waals surface area (Å²) in [5.74, 6) is 0.628. The van der Waals surface area contributed by atoms with E-state index < -0.39 is 0 Å². The highest BCUT2D eigenvalue weighted by Crippen LogP contribution is 2.33. The van der Waals surface area contributed by atoms with E-state index in [4.69, 9.17) is 16.0 Å². The van der Waals surface area contributed by atoms with Crippen LogP contribution in [0.2, 0.25) is 5.02 Å². The predicted octanol–water partition coefficient (Wildman–Crippen LogP) is 5.61. The lowest BCUT2D eigenvalue weighted by Gasteiger charge is -2.04. The van der Waals surface area contributed by atoms with Gasteiger partial charge in [0.2, 0.25) is 5.89 Å². The molecule has 0 amide bonds. The van der Waals surface area contributed by atoms with Crippen molar-refractivity contribution in [2.24, 2.45) is 0 Å². The van der Waals surface area contributed by atoms with Crippen molar-refractivity contribution in [2.45, 2.75) is 6.92 Å². The van der Waals surface area contributed by atoms with Crippen LogP contribution in [0.5, 0.6) is 0 Å². The lowest BCUT2D eigenvalue weighted by Crippen LogP contribution is -1.81. The molecule has 1 heterocycles. The average molecular weight is 294 g/mol. The molecule has 102 valence electrons. The van der Waals surface area contributed by atoms with Gasteiger partial charge in [0.1, 0.15) is 5.52 Å². The molecule has 0 spiro atoms. The van der Waals surface area contributed by atoms with E-state index >= 15 is 0 Å². The molecule has 4 rings (SSSR count). The van der Waals surface area contributed by atoms with Crippen LogP contribution in [-0.4, -0.2) is 4.98 Å². The minimum atomic E-state index is 0.628. The van der Waals surface area contributed by atoms with Crippen LogP contribution in [0.25, 0.3) is 33.3 Å². The van der Waals surface area contributed by atoms with Crippen LogP contribution in [-0.2, 0) is 0 Å². The Morgan fingerprint density at radius 3 is 2.67 bits per heavy atom. The van der Waals surface area contributed by atoms with Gasteiger partial charge in [0.25, 0.3) is 0 Å². The van der Waals surface area contributed by atoms with Crippen molar-refractivity contribution in [3.63, 3.8) is 0 Å². The normalized spacial score (nSPS) is 11.3. The van der Waals surface area contributed by atoms with Crippen LogP contribution < -0.4 is 0 Å². The lowest BCUT2D eigenvalue weighted by molar-refractivity contribution is 0.620. The molecule has 0 saturated heterocycles. The highest BCUT2D eigenvalue weighted by molar-refractivity contribution is 6.35. The SMILES string of the molecule is Cc1ccc2oc(-c3cccc4c(Cl)cccc34)nc2c1. The molecule has 0 unspecified atom stereocenters. The molecule has 0 saturated carbocycles. The van der Waals surface area contributed by atoms with E-state index in [1.54, 1.807) is 0 Å². The second-order valence-corrected chi connectivity index (χ2v) is 5.54. The molecular formula is C18H12ClNO. The Labute approximate surface area is 127 Å². The number of fused-ring (bicyclic) bond motifs is 2. The van der Waals surface area contributed by atoms with E-state index in [9.17, 15) is 0 Å². The first-order valence-corrected chi connectivity index (χ1v) is 7.15. The number of rotatable bonds is 1. The molecule has 3 aromatic carbocycles. The summed E-state index contributed by atoms with van der Waals surface area (Å²) in [4.78, 5) is 4.61. The highest BCUT2D eigenvalue weighted by atomic mass is 35.5. The van der Waals surface area contributed by atoms with E-state index in [0.717, 1.165) is 32.5 Å². The Bertz CT molecular complexity index is 971. The van der Waals surface area contributed by atoms with Crippen LogP contribution in [0.15, 0.2) is 59.0 Å². The molecule has 0 atom stereocenters. The van der Waals surface area contributed by atoms with Crippen LogP contribution in [0.1, 0.15) is 5.56 Å². The van der Waals surface area contributed by atoms with Gasteiger partial charge in [0.05, 0.1) is 0 Å². The first kappa shape index (κ1) is 12.4. The predicted molar refractivity (Wildman–Crippen MR) is 86.7 cm³/mol. The lowest BCUT2D eigenvalue weighted by atomic mass is 10.0. The fourth-order valence-corrected chi connectivity index (χ4v) is 2.85. The quantitative estimate of drug-likeness (QED) is 0.456. The van der Waals surface area contributed by atoms with Gasteiger partial charge in [-0.2, -0.15) is 0 Å². The highest BCUT2D eigenvalue weighted by Gasteiger charge is 2.12. The largest absolute Gasteiger partial charge is 0.436 e. The third kappa shape index (κ3) is 1.99. The van der Waals surface area contributed by atoms with Crippen LogP contribution in [0.4, 0.5) is 0 Å². The molecule has 0 N–H and O–H groups in total. The Morgan fingerprint density at radius 1 is 0.952 bits per heavy atom. The number of hydrogen-bond donors (Lipinski definition) is 0. The summed E-state index contributed by atoms with van der Waals surface area (Å²) in [6.07, 6.45) is 0. The maximum absolute atomic E-state index is 6.26. The summed E-state index contributed by atoms with van der Waals surface area (Å²) in [5, 5.41) is 2.80. The first-order valence-electron chi connectivity index (χ1n) is 6.77. The molecule has 21 heavy (non-hydrogen) atoms. The minimum Gasteiger partial charge on any atom is -0.436 e. The molecule has 0 fully saturated rings. The van der Waals surface area contributed by atoms with Gasteiger partial charge in [-0.25, -0.2) is 4.98 Å². The summed E-state index contributed by atoms with van der Waals surface area (Å²) in [6, 6.07) is 17.9. The zero-order chi connectivity index (χ0) is 14.4. The number of hydrogen-bond acceptors (Lipinski definition) is 2. The number of benzene rings is 3. The van der Waals surface area contributed by atoms with Gasteiger partial charge in [0.15, 0.2) is 5.58 Å². The number of oxazole rings is 1. The van der Waals surface area contributed by atoms with Crippen molar-refractivity contribution in [1.29, 1.82) is 0 Å². The molecule has 0 aliphatic heterocycles. The number of aromatic nitrogens is 1. The van der Waals surface area contributed by atoms with Gasteiger partial charge in [-0.3, -0.25) is 0 Å². The van der Waals surface area contributed by atoms with Crippen LogP contribution >= 0.6 is 11.6 Å². The van der Waals surface area contributed by atoms with E-state index in [1.165, 1.54) is 5.56 Å². The first-order chi connectivity index (χ1) is 10.2. The molecular weight excluding hydrogens is 282 g/mol. The topological polar surface area (TPSA) is 26.0 Å². The van der Waals surface area contributed by atoms with E-state index in [0.29, 0.717) is 5.89 Å². The third-order valence-corrected chi connectivity index (χ3v) is 3.97. The van der Waals surface area contributed by atoms with Crippen molar-refractivity contribution in [1.82, 2.24) is 4.98 Å². The van der Waals surface area contributed by atoms with Crippen molar-refractivity contribution >= 4 is 33.5 Å². The Kier molecular flexibility index (Phi) is 2.72. The molecule has 4 aromatic rings. The van der Waals surface area contributed by atoms with E-state index in [1.807, 2.05) is 61.5 Å². The van der Waals surface area contributed by atoms with Crippen molar-refractivity contribution in [3.8, 4) is 11.5 Å². The van der Waals surface area contributed by atoms with E-state index in [2.05, 4.69) is 4.98 Å². The molecule has 3 heteroatoms. The molecule has 0 bridgehead atoms. The number of nitrogens with zero attached hydrogens (tertiary/aromatic N) is 1. The summed E-state index contributed by atoms with van der Waals surface area (Å²) < 4.78 is 5.90. The Hall–Kier alpha value is -2.32. The van der Waals surface area contributed by atoms with Gasteiger partial charge in [0, 0.05) is 16.0 Å². The molecule has 0 aliphatic carbocycles. The maximum Gasteiger partial charge on any atom is 0.227 e. The van der Waals surface area contributed by atoms with Crippen LogP contribution in [0.3, 0.4) is 0 Å². The van der Waals surface area contributed by atoms with E-state index in [-0.39, 0.29) is 0 Å². The smallest absolute Gasteiger partial charge is 0.227 e. The third-order valence-electron chi connectivity index (χ3n) is 3.64. The molecule has 2 nitrogen and oxygen atoms in total. The van der Waals surface area contributed by atoms with Crippen molar-refractivity contribution in [2.75, 3.05) is 0 Å². The standard InChI is InChI=1S/C18H12ClNO/c1-11-8-9-17-16(10-11)20-18(21-17)14-6-2-5-13-12(14)4-3-7-15(13)19/h2-10H,1H3. The maximum atomic E-state index is 6.26. The molecule has 0 aliphatic rings.